The van der Waals surface area contributed by atoms with Gasteiger partial charge < -0.3 is 5.32 Å². The first-order valence-corrected chi connectivity index (χ1v) is 8.90. The van der Waals surface area contributed by atoms with Gasteiger partial charge in [-0.05, 0) is 43.0 Å². The maximum atomic E-state index is 14.4. The van der Waals surface area contributed by atoms with Crippen molar-refractivity contribution in [3.63, 3.8) is 0 Å². The van der Waals surface area contributed by atoms with Crippen LogP contribution >= 0.6 is 0 Å². The average molecular weight is 343 g/mol. The van der Waals surface area contributed by atoms with Crippen LogP contribution in [0, 0.1) is 11.6 Å². The van der Waals surface area contributed by atoms with E-state index in [1.54, 1.807) is 24.3 Å². The minimum absolute atomic E-state index is 0.117. The second-order valence-corrected chi connectivity index (χ2v) is 6.76. The van der Waals surface area contributed by atoms with Crippen molar-refractivity contribution in [2.45, 2.75) is 43.9 Å². The third-order valence-corrected chi connectivity index (χ3v) is 5.12. The lowest BCUT2D eigenvalue weighted by Crippen LogP contribution is -2.46. The van der Waals surface area contributed by atoms with Crippen molar-refractivity contribution in [2.24, 2.45) is 0 Å². The molecule has 25 heavy (non-hydrogen) atoms. The van der Waals surface area contributed by atoms with Crippen molar-refractivity contribution >= 4 is 5.91 Å². The van der Waals surface area contributed by atoms with Gasteiger partial charge in [-0.2, -0.15) is 0 Å². The van der Waals surface area contributed by atoms with E-state index in [0.29, 0.717) is 31.4 Å². The van der Waals surface area contributed by atoms with Crippen LogP contribution in [0.4, 0.5) is 8.78 Å². The van der Waals surface area contributed by atoms with Crippen molar-refractivity contribution in [3.05, 3.63) is 71.3 Å². The summed E-state index contributed by atoms with van der Waals surface area (Å²) in [6, 6.07) is 13.0. The van der Waals surface area contributed by atoms with E-state index < -0.39 is 5.41 Å². The highest BCUT2D eigenvalue weighted by Gasteiger charge is 2.42. The van der Waals surface area contributed by atoms with Gasteiger partial charge in [0.05, 0.1) is 5.41 Å². The smallest absolute Gasteiger partial charge is 0.230 e. The van der Waals surface area contributed by atoms with Gasteiger partial charge >= 0.3 is 0 Å². The number of amides is 1. The summed E-state index contributed by atoms with van der Waals surface area (Å²) in [4.78, 5) is 13.0. The first-order valence-electron chi connectivity index (χ1n) is 8.90. The fraction of sp³-hybridized carbons (Fsp3) is 0.381. The molecule has 0 unspecified atom stereocenters. The number of hydrogen-bond donors (Lipinski definition) is 1. The molecule has 2 nitrogen and oxygen atoms in total. The molecule has 0 heterocycles. The van der Waals surface area contributed by atoms with E-state index in [4.69, 9.17) is 0 Å². The maximum absolute atomic E-state index is 14.4. The van der Waals surface area contributed by atoms with E-state index in [1.807, 2.05) is 6.07 Å². The second kappa shape index (κ2) is 7.77. The van der Waals surface area contributed by atoms with Gasteiger partial charge in [-0.25, -0.2) is 8.78 Å². The molecule has 132 valence electrons. The van der Waals surface area contributed by atoms with Crippen LogP contribution in [0.15, 0.2) is 48.5 Å². The summed E-state index contributed by atoms with van der Waals surface area (Å²) >= 11 is 0. The van der Waals surface area contributed by atoms with Gasteiger partial charge in [0, 0.05) is 12.1 Å². The van der Waals surface area contributed by atoms with Crippen LogP contribution in [0.3, 0.4) is 0 Å². The summed E-state index contributed by atoms with van der Waals surface area (Å²) in [5, 5.41) is 2.96. The molecule has 3 rings (SSSR count). The Hall–Kier alpha value is -2.23. The predicted octanol–water partition coefficient (Wildman–Crippen LogP) is 4.53. The fourth-order valence-corrected chi connectivity index (χ4v) is 3.81. The molecule has 2 aromatic carbocycles. The van der Waals surface area contributed by atoms with E-state index in [0.717, 1.165) is 24.8 Å². The Labute approximate surface area is 147 Å². The van der Waals surface area contributed by atoms with Crippen LogP contribution in [0.2, 0.25) is 0 Å². The van der Waals surface area contributed by atoms with Gasteiger partial charge in [-0.3, -0.25) is 4.79 Å². The molecule has 0 radical (unpaired) electrons. The molecule has 2 aromatic rings. The van der Waals surface area contributed by atoms with Gasteiger partial charge in [0.25, 0.3) is 0 Å². The molecular weight excluding hydrogens is 320 g/mol. The van der Waals surface area contributed by atoms with E-state index in [-0.39, 0.29) is 17.5 Å². The summed E-state index contributed by atoms with van der Waals surface area (Å²) in [6.07, 6.45) is 4.81. The van der Waals surface area contributed by atoms with E-state index in [1.165, 1.54) is 18.2 Å². The Kier molecular flexibility index (Phi) is 5.47. The Bertz CT molecular complexity index is 738. The van der Waals surface area contributed by atoms with Crippen LogP contribution in [0.1, 0.15) is 43.2 Å². The lowest BCUT2D eigenvalue weighted by molar-refractivity contribution is -0.128. The summed E-state index contributed by atoms with van der Waals surface area (Å²) in [6.45, 7) is 0.415. The molecule has 0 atom stereocenters. The second-order valence-electron chi connectivity index (χ2n) is 6.76. The van der Waals surface area contributed by atoms with E-state index in [9.17, 15) is 13.6 Å². The maximum Gasteiger partial charge on any atom is 0.230 e. The molecule has 0 spiro atoms. The lowest BCUT2D eigenvalue weighted by atomic mass is 9.68. The largest absolute Gasteiger partial charge is 0.355 e. The van der Waals surface area contributed by atoms with Crippen molar-refractivity contribution in [1.29, 1.82) is 0 Å². The van der Waals surface area contributed by atoms with Crippen LogP contribution in [0.25, 0.3) is 0 Å². The highest BCUT2D eigenvalue weighted by molar-refractivity contribution is 5.88. The number of hydrogen-bond acceptors (Lipinski definition) is 1. The molecule has 1 N–H and O–H groups in total. The van der Waals surface area contributed by atoms with Crippen LogP contribution in [-0.2, 0) is 16.6 Å². The third-order valence-electron chi connectivity index (χ3n) is 5.12. The first-order chi connectivity index (χ1) is 12.1. The van der Waals surface area contributed by atoms with Crippen molar-refractivity contribution in [3.8, 4) is 0 Å². The summed E-state index contributed by atoms with van der Waals surface area (Å²) in [5.41, 5.74) is 0.549. The lowest BCUT2D eigenvalue weighted by Gasteiger charge is -2.36. The van der Waals surface area contributed by atoms with Gasteiger partial charge in [0.2, 0.25) is 5.91 Å². The van der Waals surface area contributed by atoms with Gasteiger partial charge in [-0.1, -0.05) is 49.6 Å². The molecule has 1 aliphatic rings. The van der Waals surface area contributed by atoms with Crippen molar-refractivity contribution in [1.82, 2.24) is 5.32 Å². The number of benzene rings is 2. The molecule has 1 amide bonds. The first kappa shape index (κ1) is 17.6. The number of nitrogens with one attached hydrogen (secondary N) is 1. The molecule has 1 fully saturated rings. The zero-order valence-corrected chi connectivity index (χ0v) is 14.2. The molecule has 4 heteroatoms. The summed E-state index contributed by atoms with van der Waals surface area (Å²) < 4.78 is 27.6. The zero-order chi connectivity index (χ0) is 17.7. The Morgan fingerprint density at radius 2 is 1.76 bits per heavy atom. The van der Waals surface area contributed by atoms with Gasteiger partial charge in [0.1, 0.15) is 11.6 Å². The highest BCUT2D eigenvalue weighted by Crippen LogP contribution is 2.40. The van der Waals surface area contributed by atoms with Crippen LogP contribution in [0.5, 0.6) is 0 Å². The summed E-state index contributed by atoms with van der Waals surface area (Å²) in [5.74, 6) is -0.711. The molecule has 0 saturated heterocycles. The Morgan fingerprint density at radius 3 is 2.48 bits per heavy atom. The predicted molar refractivity (Wildman–Crippen MR) is 94.3 cm³/mol. The molecule has 0 aliphatic heterocycles. The number of halogens is 2. The molecule has 0 aromatic heterocycles. The fourth-order valence-electron chi connectivity index (χ4n) is 3.81. The van der Waals surface area contributed by atoms with E-state index in [2.05, 4.69) is 5.32 Å². The topological polar surface area (TPSA) is 29.1 Å². The summed E-state index contributed by atoms with van der Waals surface area (Å²) in [7, 11) is 0. The quantitative estimate of drug-likeness (QED) is 0.849. The zero-order valence-electron chi connectivity index (χ0n) is 14.2. The monoisotopic (exact) mass is 343 g/mol. The SMILES string of the molecule is O=C(NCCc1cccc(F)c1)C1(c2ccccc2F)CCCCC1. The van der Waals surface area contributed by atoms with Crippen LogP contribution < -0.4 is 5.32 Å². The minimum Gasteiger partial charge on any atom is -0.355 e. The number of carbonyl (C=O) groups excluding carboxylic acids is 1. The van der Waals surface area contributed by atoms with Gasteiger partial charge in [0.15, 0.2) is 0 Å². The number of rotatable bonds is 5. The molecular formula is C21H23F2NO. The number of carbonyl (C=O) groups is 1. The molecule has 0 bridgehead atoms. The average Bonchev–Trinajstić information content (AvgIpc) is 2.62. The third kappa shape index (κ3) is 3.89. The van der Waals surface area contributed by atoms with Crippen molar-refractivity contribution < 1.29 is 13.6 Å². The normalized spacial score (nSPS) is 16.4. The van der Waals surface area contributed by atoms with Crippen LogP contribution in [-0.4, -0.2) is 12.5 Å². The van der Waals surface area contributed by atoms with Gasteiger partial charge in [-0.15, -0.1) is 0 Å². The Balaban J connectivity index is 1.73. The molecule has 1 aliphatic carbocycles. The Morgan fingerprint density at radius 1 is 1.00 bits per heavy atom. The minimum atomic E-state index is -0.786. The van der Waals surface area contributed by atoms with E-state index >= 15 is 0 Å². The standard InChI is InChI=1S/C21H23F2NO/c22-17-8-6-7-16(15-17)11-14-24-20(25)21(12-4-1-5-13-21)18-9-2-3-10-19(18)23/h2-3,6-10,15H,1,4-5,11-14H2,(H,24,25). The molecule has 1 saturated carbocycles. The highest BCUT2D eigenvalue weighted by atomic mass is 19.1. The van der Waals surface area contributed by atoms with Crippen molar-refractivity contribution in [2.75, 3.05) is 6.54 Å².